The van der Waals surface area contributed by atoms with E-state index in [1.54, 1.807) is 0 Å². The molecule has 0 aromatic carbocycles. The first kappa shape index (κ1) is 13.2. The lowest BCUT2D eigenvalue weighted by Crippen LogP contribution is -2.27. The van der Waals surface area contributed by atoms with Gasteiger partial charge < -0.3 is 10.8 Å². The zero-order valence-electron chi connectivity index (χ0n) is 9.12. The number of hydrogen-bond acceptors (Lipinski definition) is 2. The Labute approximate surface area is 86.0 Å². The first-order valence-corrected chi connectivity index (χ1v) is 5.24. The third-order valence-corrected chi connectivity index (χ3v) is 2.70. The Hall–Kier alpha value is -0.830. The van der Waals surface area contributed by atoms with Gasteiger partial charge in [-0.2, -0.15) is 0 Å². The van der Waals surface area contributed by atoms with Crippen LogP contribution in [0.1, 0.15) is 39.5 Å². The van der Waals surface area contributed by atoms with Crippen LogP contribution in [0.25, 0.3) is 0 Å². The lowest BCUT2D eigenvalue weighted by molar-refractivity contribution is -0.146. The molecular formula is C11H21NO2. The average molecular weight is 199 g/mol. The summed E-state index contributed by atoms with van der Waals surface area (Å²) in [5.41, 5.74) is 4.68. The SMILES string of the molecule is CCC(/C=C/CCCN)(CC)C(=O)O. The zero-order chi connectivity index (χ0) is 11.0. The lowest BCUT2D eigenvalue weighted by atomic mass is 9.82. The fourth-order valence-corrected chi connectivity index (χ4v) is 1.40. The molecule has 0 bridgehead atoms. The van der Waals surface area contributed by atoms with Crippen molar-refractivity contribution in [1.29, 1.82) is 0 Å². The van der Waals surface area contributed by atoms with E-state index >= 15 is 0 Å². The van der Waals surface area contributed by atoms with Crippen molar-refractivity contribution in [3.05, 3.63) is 12.2 Å². The molecule has 0 aromatic rings. The number of hydrogen-bond donors (Lipinski definition) is 2. The second-order valence-corrected chi connectivity index (χ2v) is 3.50. The lowest BCUT2D eigenvalue weighted by Gasteiger charge is -2.22. The molecule has 0 unspecified atom stereocenters. The van der Waals surface area contributed by atoms with Gasteiger partial charge in [0, 0.05) is 0 Å². The molecule has 0 saturated heterocycles. The number of rotatable bonds is 7. The van der Waals surface area contributed by atoms with Gasteiger partial charge in [-0.3, -0.25) is 4.79 Å². The van der Waals surface area contributed by atoms with Crippen LogP contribution in [0.15, 0.2) is 12.2 Å². The fourth-order valence-electron chi connectivity index (χ4n) is 1.40. The van der Waals surface area contributed by atoms with E-state index in [4.69, 9.17) is 10.8 Å². The number of aliphatic carboxylic acids is 1. The van der Waals surface area contributed by atoms with Crippen molar-refractivity contribution in [2.24, 2.45) is 11.1 Å². The largest absolute Gasteiger partial charge is 0.481 e. The van der Waals surface area contributed by atoms with E-state index in [-0.39, 0.29) is 0 Å². The molecule has 0 radical (unpaired) electrons. The van der Waals surface area contributed by atoms with E-state index in [1.165, 1.54) is 0 Å². The Morgan fingerprint density at radius 1 is 1.43 bits per heavy atom. The van der Waals surface area contributed by atoms with Crippen LogP contribution >= 0.6 is 0 Å². The zero-order valence-corrected chi connectivity index (χ0v) is 9.12. The summed E-state index contributed by atoms with van der Waals surface area (Å²) in [7, 11) is 0. The molecule has 3 heteroatoms. The molecule has 3 N–H and O–H groups in total. The Kier molecular flexibility index (Phi) is 6.21. The van der Waals surface area contributed by atoms with Gasteiger partial charge in [0.2, 0.25) is 0 Å². The maximum Gasteiger partial charge on any atom is 0.313 e. The smallest absolute Gasteiger partial charge is 0.313 e. The number of carboxylic acid groups (broad SMARTS) is 1. The summed E-state index contributed by atoms with van der Waals surface area (Å²) in [6.45, 7) is 4.47. The van der Waals surface area contributed by atoms with Crippen molar-refractivity contribution in [3.8, 4) is 0 Å². The van der Waals surface area contributed by atoms with Crippen molar-refractivity contribution in [2.45, 2.75) is 39.5 Å². The summed E-state index contributed by atoms with van der Waals surface area (Å²) in [5.74, 6) is -0.730. The number of nitrogens with two attached hydrogens (primary N) is 1. The average Bonchev–Trinajstić information content (AvgIpc) is 2.18. The van der Waals surface area contributed by atoms with Gasteiger partial charge in [0.25, 0.3) is 0 Å². The second kappa shape index (κ2) is 6.60. The third-order valence-electron chi connectivity index (χ3n) is 2.70. The molecule has 0 spiro atoms. The first-order chi connectivity index (χ1) is 6.63. The first-order valence-electron chi connectivity index (χ1n) is 5.24. The molecule has 0 aliphatic rings. The van der Waals surface area contributed by atoms with E-state index in [1.807, 2.05) is 26.0 Å². The minimum atomic E-state index is -0.730. The molecule has 0 aliphatic heterocycles. The highest BCUT2D eigenvalue weighted by Gasteiger charge is 2.31. The van der Waals surface area contributed by atoms with Crippen LogP contribution in [0, 0.1) is 5.41 Å². The van der Waals surface area contributed by atoms with E-state index < -0.39 is 11.4 Å². The van der Waals surface area contributed by atoms with Gasteiger partial charge in [-0.25, -0.2) is 0 Å². The Bertz CT molecular complexity index is 195. The topological polar surface area (TPSA) is 63.3 Å². The summed E-state index contributed by atoms with van der Waals surface area (Å²) in [6, 6.07) is 0. The van der Waals surface area contributed by atoms with Crippen molar-refractivity contribution in [1.82, 2.24) is 0 Å². The summed E-state index contributed by atoms with van der Waals surface area (Å²) >= 11 is 0. The predicted molar refractivity (Wildman–Crippen MR) is 58.1 cm³/mol. The molecular weight excluding hydrogens is 178 g/mol. The Morgan fingerprint density at radius 3 is 2.36 bits per heavy atom. The Morgan fingerprint density at radius 2 is 2.00 bits per heavy atom. The summed E-state index contributed by atoms with van der Waals surface area (Å²) in [5, 5.41) is 9.10. The molecule has 14 heavy (non-hydrogen) atoms. The van der Waals surface area contributed by atoms with Gasteiger partial charge in [-0.15, -0.1) is 0 Å². The van der Waals surface area contributed by atoms with Crippen LogP contribution in [0.2, 0.25) is 0 Å². The predicted octanol–water partition coefficient (Wildman–Crippen LogP) is 2.17. The van der Waals surface area contributed by atoms with Crippen molar-refractivity contribution in [2.75, 3.05) is 6.54 Å². The molecule has 0 rings (SSSR count). The summed E-state index contributed by atoms with van der Waals surface area (Å²) in [6.07, 6.45) is 6.82. The van der Waals surface area contributed by atoms with Gasteiger partial charge in [-0.05, 0) is 32.2 Å². The second-order valence-electron chi connectivity index (χ2n) is 3.50. The summed E-state index contributed by atoms with van der Waals surface area (Å²) < 4.78 is 0. The highest BCUT2D eigenvalue weighted by Crippen LogP contribution is 2.28. The molecule has 0 heterocycles. The molecule has 0 aromatic heterocycles. The minimum Gasteiger partial charge on any atom is -0.481 e. The number of carbonyl (C=O) groups is 1. The van der Waals surface area contributed by atoms with Crippen molar-refractivity contribution < 1.29 is 9.90 Å². The Balaban J connectivity index is 4.35. The van der Waals surface area contributed by atoms with Gasteiger partial charge in [0.15, 0.2) is 0 Å². The van der Waals surface area contributed by atoms with Crippen LogP contribution in [0.3, 0.4) is 0 Å². The fraction of sp³-hybridized carbons (Fsp3) is 0.727. The van der Waals surface area contributed by atoms with E-state index in [2.05, 4.69) is 0 Å². The molecule has 0 aliphatic carbocycles. The van der Waals surface area contributed by atoms with Crippen LogP contribution in [-0.2, 0) is 4.79 Å². The molecule has 0 amide bonds. The van der Waals surface area contributed by atoms with Crippen LogP contribution < -0.4 is 5.73 Å². The van der Waals surface area contributed by atoms with Crippen molar-refractivity contribution in [3.63, 3.8) is 0 Å². The maximum absolute atomic E-state index is 11.1. The van der Waals surface area contributed by atoms with Gasteiger partial charge in [0.05, 0.1) is 5.41 Å². The molecule has 3 nitrogen and oxygen atoms in total. The molecule has 0 fully saturated rings. The number of carboxylic acids is 1. The highest BCUT2D eigenvalue weighted by molar-refractivity contribution is 5.76. The van der Waals surface area contributed by atoms with Crippen LogP contribution in [0.4, 0.5) is 0 Å². The van der Waals surface area contributed by atoms with E-state index in [0.29, 0.717) is 19.4 Å². The number of allylic oxidation sites excluding steroid dienone is 1. The normalized spacial score (nSPS) is 12.2. The standard InChI is InChI=1S/C11H21NO2/c1-3-11(4-2,10(13)14)8-6-5-7-9-12/h6,8H,3-5,7,9,12H2,1-2H3,(H,13,14)/b8-6+. The van der Waals surface area contributed by atoms with Crippen LogP contribution in [0.5, 0.6) is 0 Å². The van der Waals surface area contributed by atoms with Crippen molar-refractivity contribution >= 4 is 5.97 Å². The van der Waals surface area contributed by atoms with Gasteiger partial charge >= 0.3 is 5.97 Å². The van der Waals surface area contributed by atoms with E-state index in [9.17, 15) is 4.79 Å². The van der Waals surface area contributed by atoms with Crippen LogP contribution in [-0.4, -0.2) is 17.6 Å². The van der Waals surface area contributed by atoms with E-state index in [0.717, 1.165) is 12.8 Å². The monoisotopic (exact) mass is 199 g/mol. The maximum atomic E-state index is 11.1. The number of unbranched alkanes of at least 4 members (excludes halogenated alkanes) is 1. The molecule has 0 atom stereocenters. The van der Waals surface area contributed by atoms with Gasteiger partial charge in [0.1, 0.15) is 0 Å². The quantitative estimate of drug-likeness (QED) is 0.488. The molecule has 0 saturated carbocycles. The molecule has 82 valence electrons. The highest BCUT2D eigenvalue weighted by atomic mass is 16.4. The summed E-state index contributed by atoms with van der Waals surface area (Å²) in [4.78, 5) is 11.1. The van der Waals surface area contributed by atoms with Gasteiger partial charge in [-0.1, -0.05) is 26.0 Å². The minimum absolute atomic E-state index is 0.637. The third kappa shape index (κ3) is 3.50.